The molecule has 0 bridgehead atoms. The summed E-state index contributed by atoms with van der Waals surface area (Å²) in [5.41, 5.74) is -1.26. The van der Waals surface area contributed by atoms with E-state index in [9.17, 15) is 25.0 Å². The molecular formula is C7H5IN2O6. The Morgan fingerprint density at radius 2 is 2.06 bits per heavy atom. The van der Waals surface area contributed by atoms with E-state index in [2.05, 4.69) is 0 Å². The highest BCUT2D eigenvalue weighted by atomic mass is 127. The molecule has 0 aliphatic heterocycles. The lowest BCUT2D eigenvalue weighted by molar-refractivity contribution is -0.519. The van der Waals surface area contributed by atoms with Crippen LogP contribution in [0.2, 0.25) is 0 Å². The first kappa shape index (κ1) is 12.5. The van der Waals surface area contributed by atoms with Gasteiger partial charge in [-0.1, -0.05) is 6.08 Å². The minimum absolute atomic E-state index is 0.195. The van der Waals surface area contributed by atoms with Gasteiger partial charge < -0.3 is 5.11 Å². The van der Waals surface area contributed by atoms with Gasteiger partial charge in [-0.15, -0.1) is 0 Å². The van der Waals surface area contributed by atoms with E-state index in [1.807, 2.05) is 0 Å². The van der Waals surface area contributed by atoms with Crippen LogP contribution < -0.4 is 0 Å². The molecule has 0 spiro atoms. The molecule has 0 aromatic carbocycles. The summed E-state index contributed by atoms with van der Waals surface area (Å²) in [6, 6.07) is 0. The molecule has 0 saturated carbocycles. The highest BCUT2D eigenvalue weighted by molar-refractivity contribution is 14.1. The summed E-state index contributed by atoms with van der Waals surface area (Å²) in [5.74, 6) is -1.47. The highest BCUT2D eigenvalue weighted by Crippen LogP contribution is 2.34. The van der Waals surface area contributed by atoms with Gasteiger partial charge in [0.05, 0.1) is 17.4 Å². The number of hydrogen-bond acceptors (Lipinski definition) is 5. The number of nitrogens with zero attached hydrogens (tertiary/aromatic N) is 2. The van der Waals surface area contributed by atoms with Crippen LogP contribution in [-0.4, -0.2) is 24.5 Å². The molecule has 0 aromatic rings. The number of halogens is 1. The zero-order valence-electron chi connectivity index (χ0n) is 7.62. The largest absolute Gasteiger partial charge is 0.477 e. The minimum atomic E-state index is -1.65. The third-order valence-electron chi connectivity index (χ3n) is 1.96. The van der Waals surface area contributed by atoms with E-state index in [4.69, 9.17) is 5.11 Å². The molecule has 1 rings (SSSR count). The van der Waals surface area contributed by atoms with Gasteiger partial charge in [0.1, 0.15) is 5.57 Å². The molecule has 1 atom stereocenters. The van der Waals surface area contributed by atoms with Crippen LogP contribution in [-0.2, 0) is 4.79 Å². The second kappa shape index (κ2) is 4.15. The summed E-state index contributed by atoms with van der Waals surface area (Å²) >= 11 is 1.44. The smallest absolute Gasteiger partial charge is 0.342 e. The molecule has 1 aliphatic rings. The Morgan fingerprint density at radius 1 is 1.50 bits per heavy atom. The first-order valence-electron chi connectivity index (χ1n) is 3.92. The number of rotatable bonds is 3. The molecule has 0 fully saturated rings. The van der Waals surface area contributed by atoms with Crippen molar-refractivity contribution >= 4 is 28.6 Å². The molecule has 0 unspecified atom stereocenters. The van der Waals surface area contributed by atoms with Crippen LogP contribution in [0.5, 0.6) is 0 Å². The number of aliphatic carboxylic acids is 1. The van der Waals surface area contributed by atoms with E-state index in [1.165, 1.54) is 22.6 Å². The maximum atomic E-state index is 10.7. The van der Waals surface area contributed by atoms with Crippen LogP contribution in [0.1, 0.15) is 6.42 Å². The summed E-state index contributed by atoms with van der Waals surface area (Å²) in [6.07, 6.45) is 1.56. The predicted octanol–water partition coefficient (Wildman–Crippen LogP) is 0.970. The van der Waals surface area contributed by atoms with Gasteiger partial charge in [0.15, 0.2) is 0 Å². The highest BCUT2D eigenvalue weighted by Gasteiger charge is 2.44. The van der Waals surface area contributed by atoms with E-state index in [0.29, 0.717) is 0 Å². The molecule has 86 valence electrons. The number of carbonyl (C=O) groups is 1. The summed E-state index contributed by atoms with van der Waals surface area (Å²) in [4.78, 5) is 30.3. The number of alkyl halides is 1. The molecule has 0 heterocycles. The molecular weight excluding hydrogens is 335 g/mol. The maximum absolute atomic E-state index is 10.7. The second-order valence-corrected chi connectivity index (χ2v) is 4.86. The zero-order chi connectivity index (χ0) is 12.5. The van der Waals surface area contributed by atoms with Crippen LogP contribution in [0.4, 0.5) is 0 Å². The van der Waals surface area contributed by atoms with E-state index in [-0.39, 0.29) is 6.42 Å². The predicted molar refractivity (Wildman–Crippen MR) is 59.2 cm³/mol. The fourth-order valence-corrected chi connectivity index (χ4v) is 1.69. The number of carboxylic acid groups (broad SMARTS) is 1. The fourth-order valence-electron chi connectivity index (χ4n) is 1.17. The van der Waals surface area contributed by atoms with E-state index < -0.39 is 30.6 Å². The molecule has 9 heteroatoms. The van der Waals surface area contributed by atoms with Gasteiger partial charge in [-0.25, -0.2) is 4.79 Å². The summed E-state index contributed by atoms with van der Waals surface area (Å²) in [5, 5.41) is 29.9. The van der Waals surface area contributed by atoms with Crippen LogP contribution in [0.3, 0.4) is 0 Å². The van der Waals surface area contributed by atoms with Crippen molar-refractivity contribution in [2.75, 3.05) is 0 Å². The van der Waals surface area contributed by atoms with Crippen molar-refractivity contribution in [3.05, 3.63) is 43.7 Å². The van der Waals surface area contributed by atoms with Crippen molar-refractivity contribution in [1.29, 1.82) is 0 Å². The number of hydrogen-bond donors (Lipinski definition) is 1. The second-order valence-electron chi connectivity index (χ2n) is 2.99. The third kappa shape index (κ3) is 2.18. The van der Waals surface area contributed by atoms with Crippen molar-refractivity contribution in [3.63, 3.8) is 0 Å². The molecule has 16 heavy (non-hydrogen) atoms. The maximum Gasteiger partial charge on any atom is 0.342 e. The molecule has 0 saturated heterocycles. The molecule has 1 aliphatic carbocycles. The van der Waals surface area contributed by atoms with Crippen molar-refractivity contribution in [2.45, 2.75) is 9.97 Å². The summed E-state index contributed by atoms with van der Waals surface area (Å²) < 4.78 is -1.65. The van der Waals surface area contributed by atoms with Crippen LogP contribution in [0, 0.1) is 20.2 Å². The van der Waals surface area contributed by atoms with Gasteiger partial charge >= 0.3 is 5.97 Å². The minimum Gasteiger partial charge on any atom is -0.477 e. The molecule has 0 amide bonds. The third-order valence-corrected chi connectivity index (χ3v) is 3.10. The van der Waals surface area contributed by atoms with Gasteiger partial charge in [-0.2, -0.15) is 0 Å². The normalized spacial score (nSPS) is 24.3. The fraction of sp³-hybridized carbons (Fsp3) is 0.286. The SMILES string of the molecule is O=C(O)C1=CC[C@](I)([N+](=O)[O-])C=C1[N+](=O)[O-]. The van der Waals surface area contributed by atoms with Crippen molar-refractivity contribution in [2.24, 2.45) is 0 Å². The van der Waals surface area contributed by atoms with Gasteiger partial charge in [0, 0.05) is 27.5 Å². The number of carboxylic acids is 1. The average Bonchev–Trinajstić information content (AvgIpc) is 2.16. The van der Waals surface area contributed by atoms with E-state index >= 15 is 0 Å². The van der Waals surface area contributed by atoms with Crippen molar-refractivity contribution in [1.82, 2.24) is 0 Å². The zero-order valence-corrected chi connectivity index (χ0v) is 9.78. The molecule has 0 aromatic heterocycles. The first-order chi connectivity index (χ1) is 7.28. The Morgan fingerprint density at radius 3 is 2.44 bits per heavy atom. The van der Waals surface area contributed by atoms with Crippen LogP contribution in [0.15, 0.2) is 23.4 Å². The first-order valence-corrected chi connectivity index (χ1v) is 5.00. The Hall–Kier alpha value is -1.52. The van der Waals surface area contributed by atoms with Crippen LogP contribution >= 0.6 is 22.6 Å². The van der Waals surface area contributed by atoms with Crippen molar-refractivity contribution < 1.29 is 19.7 Å². The van der Waals surface area contributed by atoms with Gasteiger partial charge in [-0.3, -0.25) is 20.2 Å². The average molecular weight is 340 g/mol. The molecule has 0 radical (unpaired) electrons. The van der Waals surface area contributed by atoms with Crippen LogP contribution in [0.25, 0.3) is 0 Å². The van der Waals surface area contributed by atoms with E-state index in [1.54, 1.807) is 0 Å². The summed E-state index contributed by atoms with van der Waals surface area (Å²) in [7, 11) is 0. The van der Waals surface area contributed by atoms with Gasteiger partial charge in [0.25, 0.3) is 9.24 Å². The number of nitro groups is 2. The Bertz CT molecular complexity index is 442. The van der Waals surface area contributed by atoms with E-state index in [0.717, 1.165) is 12.2 Å². The monoisotopic (exact) mass is 340 g/mol. The lowest BCUT2D eigenvalue weighted by Crippen LogP contribution is -2.32. The lowest BCUT2D eigenvalue weighted by atomic mass is 10.0. The molecule has 8 nitrogen and oxygen atoms in total. The topological polar surface area (TPSA) is 124 Å². The molecule has 1 N–H and O–H groups in total. The lowest BCUT2D eigenvalue weighted by Gasteiger charge is -2.16. The Kier molecular flexibility index (Phi) is 3.26. The van der Waals surface area contributed by atoms with Gasteiger partial charge in [0.2, 0.25) is 0 Å². The standard InChI is InChI=1S/C7H5IN2O6/c8-7(10(15)16)2-1-4(6(11)12)5(3-7)9(13)14/h1,3H,2H2,(H,11,12)/t7-/m0/s1. The summed E-state index contributed by atoms with van der Waals surface area (Å²) in [6.45, 7) is 0. The quantitative estimate of drug-likeness (QED) is 0.268. The van der Waals surface area contributed by atoms with Crippen molar-refractivity contribution in [3.8, 4) is 0 Å². The Balaban J connectivity index is 3.24. The Labute approximate surface area is 102 Å². The van der Waals surface area contributed by atoms with Gasteiger partial charge in [-0.05, 0) is 0 Å².